The molecule has 2 aromatic rings. The van der Waals surface area contributed by atoms with Crippen molar-refractivity contribution in [2.75, 3.05) is 0 Å². The predicted molar refractivity (Wildman–Crippen MR) is 95.1 cm³/mol. The molecule has 2 aromatic carbocycles. The maximum absolute atomic E-state index is 12.3. The van der Waals surface area contributed by atoms with Gasteiger partial charge in [0.1, 0.15) is 0 Å². The molecule has 0 atom stereocenters. The van der Waals surface area contributed by atoms with E-state index in [1.54, 1.807) is 24.3 Å². The zero-order chi connectivity index (χ0) is 16.4. The summed E-state index contributed by atoms with van der Waals surface area (Å²) in [6, 6.07) is 12.7. The third-order valence-corrected chi connectivity index (χ3v) is 5.59. The summed E-state index contributed by atoms with van der Waals surface area (Å²) < 4.78 is 25.7. The van der Waals surface area contributed by atoms with Crippen LogP contribution in [0.3, 0.4) is 0 Å². The van der Waals surface area contributed by atoms with Crippen molar-refractivity contribution < 1.29 is 8.42 Å². The number of hydrogen-bond acceptors (Lipinski definition) is 3. The van der Waals surface area contributed by atoms with Crippen LogP contribution in [0.25, 0.3) is 0 Å². The van der Waals surface area contributed by atoms with Gasteiger partial charge in [0.25, 0.3) is 10.0 Å². The van der Waals surface area contributed by atoms with Crippen molar-refractivity contribution in [2.24, 2.45) is 5.10 Å². The Hall–Kier alpha value is -1.66. The predicted octanol–water partition coefficient (Wildman–Crippen LogP) is 3.78. The molecule has 0 radical (unpaired) electrons. The van der Waals surface area contributed by atoms with E-state index in [1.165, 1.54) is 5.56 Å². The Bertz CT molecular complexity index is 859. The molecule has 0 saturated heterocycles. The average molecular weight is 393 g/mol. The first-order chi connectivity index (χ1) is 11.0. The van der Waals surface area contributed by atoms with Gasteiger partial charge < -0.3 is 0 Å². The van der Waals surface area contributed by atoms with E-state index in [9.17, 15) is 8.42 Å². The third-order valence-electron chi connectivity index (χ3n) is 3.87. The summed E-state index contributed by atoms with van der Waals surface area (Å²) in [5.41, 5.74) is 4.02. The number of hydrogen-bond donors (Lipinski definition) is 1. The molecular formula is C17H17BrN2O2S. The van der Waals surface area contributed by atoms with Crippen LogP contribution in [0.5, 0.6) is 0 Å². The molecule has 1 aliphatic rings. The Morgan fingerprint density at radius 1 is 1.09 bits per heavy atom. The second-order valence-corrected chi connectivity index (χ2v) is 8.20. The molecule has 0 unspecified atom stereocenters. The van der Waals surface area contributed by atoms with Crippen LogP contribution in [-0.2, 0) is 16.4 Å². The second-order valence-electron chi connectivity index (χ2n) is 5.62. The lowest BCUT2D eigenvalue weighted by atomic mass is 9.90. The lowest BCUT2D eigenvalue weighted by molar-refractivity contribution is 0.584. The number of sulfonamides is 1. The Kier molecular flexibility index (Phi) is 4.55. The van der Waals surface area contributed by atoms with Gasteiger partial charge in [-0.15, -0.1) is 0 Å². The summed E-state index contributed by atoms with van der Waals surface area (Å²) in [4.78, 5) is 2.59. The van der Waals surface area contributed by atoms with Crippen LogP contribution in [0.15, 0.2) is 56.9 Å². The number of fused-ring (bicyclic) bond motifs is 1. The van der Waals surface area contributed by atoms with Crippen molar-refractivity contribution in [1.82, 2.24) is 4.83 Å². The Labute approximate surface area is 144 Å². The lowest BCUT2D eigenvalue weighted by Gasteiger charge is -2.18. The van der Waals surface area contributed by atoms with Crippen LogP contribution < -0.4 is 4.83 Å². The van der Waals surface area contributed by atoms with E-state index in [4.69, 9.17) is 0 Å². The molecule has 3 rings (SSSR count). The summed E-state index contributed by atoms with van der Waals surface area (Å²) in [6.07, 6.45) is 2.72. The van der Waals surface area contributed by atoms with Crippen molar-refractivity contribution in [3.63, 3.8) is 0 Å². The molecule has 0 spiro atoms. The first kappa shape index (κ1) is 16.2. The number of halogens is 1. The second kappa shape index (κ2) is 6.45. The zero-order valence-electron chi connectivity index (χ0n) is 12.7. The molecule has 1 N–H and O–H groups in total. The monoisotopic (exact) mass is 392 g/mol. The minimum atomic E-state index is -3.63. The average Bonchev–Trinajstić information content (AvgIpc) is 2.53. The van der Waals surface area contributed by atoms with E-state index in [2.05, 4.69) is 31.9 Å². The summed E-state index contributed by atoms with van der Waals surface area (Å²) in [6.45, 7) is 1.92. The SMILES string of the molecule is Cc1ccc(S(=O)(=O)N/N=C2\CCCc3cc(Br)ccc32)cc1. The normalized spacial score (nSPS) is 16.2. The number of aryl methyl sites for hydroxylation is 2. The minimum absolute atomic E-state index is 0.222. The molecule has 120 valence electrons. The summed E-state index contributed by atoms with van der Waals surface area (Å²) in [5, 5.41) is 4.19. The van der Waals surface area contributed by atoms with Gasteiger partial charge in [-0.2, -0.15) is 18.4 Å². The van der Waals surface area contributed by atoms with Gasteiger partial charge in [0, 0.05) is 10.0 Å². The summed E-state index contributed by atoms with van der Waals surface area (Å²) in [5.74, 6) is 0. The van der Waals surface area contributed by atoms with E-state index in [-0.39, 0.29) is 4.90 Å². The quantitative estimate of drug-likeness (QED) is 0.807. The fraction of sp³-hybridized carbons (Fsp3) is 0.235. The van der Waals surface area contributed by atoms with E-state index in [1.807, 2.05) is 19.1 Å². The van der Waals surface area contributed by atoms with Gasteiger partial charge in [-0.25, -0.2) is 0 Å². The molecule has 0 amide bonds. The van der Waals surface area contributed by atoms with Crippen molar-refractivity contribution in [2.45, 2.75) is 31.1 Å². The number of nitrogens with zero attached hydrogens (tertiary/aromatic N) is 1. The van der Waals surface area contributed by atoms with Gasteiger partial charge in [-0.3, -0.25) is 0 Å². The van der Waals surface area contributed by atoms with Gasteiger partial charge in [-0.05, 0) is 56.0 Å². The van der Waals surface area contributed by atoms with Gasteiger partial charge in [0.2, 0.25) is 0 Å². The highest BCUT2D eigenvalue weighted by Crippen LogP contribution is 2.25. The fourth-order valence-corrected chi connectivity index (χ4v) is 3.87. The number of rotatable bonds is 3. The van der Waals surface area contributed by atoms with E-state index < -0.39 is 10.0 Å². The third kappa shape index (κ3) is 3.64. The molecule has 0 fully saturated rings. The maximum atomic E-state index is 12.3. The molecule has 0 heterocycles. The van der Waals surface area contributed by atoms with Crippen molar-refractivity contribution in [1.29, 1.82) is 0 Å². The van der Waals surface area contributed by atoms with Crippen LogP contribution in [0.1, 0.15) is 29.5 Å². The molecule has 0 bridgehead atoms. The van der Waals surface area contributed by atoms with Crippen molar-refractivity contribution in [3.8, 4) is 0 Å². The van der Waals surface area contributed by atoms with Crippen LogP contribution >= 0.6 is 15.9 Å². The summed E-state index contributed by atoms with van der Waals surface area (Å²) >= 11 is 3.47. The first-order valence-electron chi connectivity index (χ1n) is 7.39. The van der Waals surface area contributed by atoms with Gasteiger partial charge in [-0.1, -0.05) is 39.7 Å². The molecular weight excluding hydrogens is 376 g/mol. The van der Waals surface area contributed by atoms with Gasteiger partial charge in [0.05, 0.1) is 10.6 Å². The van der Waals surface area contributed by atoms with Gasteiger partial charge in [0.15, 0.2) is 0 Å². The van der Waals surface area contributed by atoms with Crippen LogP contribution in [0.4, 0.5) is 0 Å². The molecule has 0 aliphatic heterocycles. The van der Waals surface area contributed by atoms with E-state index >= 15 is 0 Å². The topological polar surface area (TPSA) is 58.5 Å². The molecule has 6 heteroatoms. The highest BCUT2D eigenvalue weighted by Gasteiger charge is 2.18. The van der Waals surface area contributed by atoms with Crippen molar-refractivity contribution >= 4 is 31.7 Å². The van der Waals surface area contributed by atoms with E-state index in [0.717, 1.165) is 40.6 Å². The standard InChI is InChI=1S/C17H17BrN2O2S/c1-12-5-8-15(9-6-12)23(21,22)20-19-17-4-2-3-13-11-14(18)7-10-16(13)17/h5-11,20H,2-4H2,1H3/b19-17+. The first-order valence-corrected chi connectivity index (χ1v) is 9.67. The van der Waals surface area contributed by atoms with Crippen LogP contribution in [0, 0.1) is 6.92 Å². The zero-order valence-corrected chi connectivity index (χ0v) is 15.1. The number of hydrazone groups is 1. The van der Waals surface area contributed by atoms with E-state index in [0.29, 0.717) is 0 Å². The fourth-order valence-electron chi connectivity index (χ4n) is 2.63. The smallest absolute Gasteiger partial charge is 0.200 e. The Morgan fingerprint density at radius 2 is 1.83 bits per heavy atom. The van der Waals surface area contributed by atoms with Gasteiger partial charge >= 0.3 is 0 Å². The summed E-state index contributed by atoms with van der Waals surface area (Å²) in [7, 11) is -3.63. The van der Waals surface area contributed by atoms with Crippen molar-refractivity contribution in [3.05, 3.63) is 63.6 Å². The Balaban J connectivity index is 1.88. The minimum Gasteiger partial charge on any atom is -0.200 e. The van der Waals surface area contributed by atoms with Crippen LogP contribution in [0.2, 0.25) is 0 Å². The molecule has 4 nitrogen and oxygen atoms in total. The highest BCUT2D eigenvalue weighted by atomic mass is 79.9. The Morgan fingerprint density at radius 3 is 2.57 bits per heavy atom. The molecule has 0 aromatic heterocycles. The lowest BCUT2D eigenvalue weighted by Crippen LogP contribution is -2.22. The number of nitrogens with one attached hydrogen (secondary N) is 1. The molecule has 23 heavy (non-hydrogen) atoms. The highest BCUT2D eigenvalue weighted by molar-refractivity contribution is 9.10. The molecule has 1 aliphatic carbocycles. The molecule has 0 saturated carbocycles. The largest absolute Gasteiger partial charge is 0.276 e. The number of benzene rings is 2. The maximum Gasteiger partial charge on any atom is 0.276 e. The van der Waals surface area contributed by atoms with Crippen LogP contribution in [-0.4, -0.2) is 14.1 Å².